The summed E-state index contributed by atoms with van der Waals surface area (Å²) in [6.45, 7) is 12.5. The molecule has 1 fully saturated rings. The van der Waals surface area contributed by atoms with Crippen molar-refractivity contribution < 1.29 is 4.74 Å². The van der Waals surface area contributed by atoms with E-state index in [2.05, 4.69) is 55.0 Å². The highest BCUT2D eigenvalue weighted by Gasteiger charge is 2.31. The predicted molar refractivity (Wildman–Crippen MR) is 82.9 cm³/mol. The lowest BCUT2D eigenvalue weighted by atomic mass is 10.0. The molecule has 1 aromatic heterocycles. The Hall–Kier alpha value is -1.13. The molecule has 1 N–H and O–H groups in total. The molecule has 0 bridgehead atoms. The normalized spacial score (nSPS) is 22.7. The highest BCUT2D eigenvalue weighted by Crippen LogP contribution is 2.22. The van der Waals surface area contributed by atoms with E-state index in [0.29, 0.717) is 6.10 Å². The van der Waals surface area contributed by atoms with Crippen LogP contribution in [0.25, 0.3) is 0 Å². The molecule has 1 aliphatic rings. The lowest BCUT2D eigenvalue weighted by Crippen LogP contribution is -2.51. The van der Waals surface area contributed by atoms with Gasteiger partial charge in [0.25, 0.3) is 0 Å². The zero-order valence-corrected chi connectivity index (χ0v) is 13.1. The molecule has 0 spiro atoms. The number of pyridine rings is 1. The molecule has 2 rings (SSSR count). The van der Waals surface area contributed by atoms with Crippen LogP contribution in [0.1, 0.15) is 39.7 Å². The second kappa shape index (κ2) is 6.55. The number of morpholine rings is 1. The largest absolute Gasteiger partial charge is 0.370 e. The summed E-state index contributed by atoms with van der Waals surface area (Å²) in [5.41, 5.74) is 1.25. The fourth-order valence-corrected chi connectivity index (χ4v) is 2.89. The summed E-state index contributed by atoms with van der Waals surface area (Å²) in [7, 11) is 0. The molecule has 0 saturated carbocycles. The third-order valence-electron chi connectivity index (χ3n) is 3.43. The van der Waals surface area contributed by atoms with E-state index in [1.807, 2.05) is 6.20 Å². The Balaban J connectivity index is 1.98. The van der Waals surface area contributed by atoms with Crippen molar-refractivity contribution in [1.82, 2.24) is 9.88 Å². The number of hydrogen-bond acceptors (Lipinski definition) is 4. The van der Waals surface area contributed by atoms with Crippen LogP contribution in [0, 0.1) is 0 Å². The number of rotatable bonds is 5. The van der Waals surface area contributed by atoms with Gasteiger partial charge < -0.3 is 10.1 Å². The average molecular weight is 277 g/mol. The van der Waals surface area contributed by atoms with Crippen LogP contribution >= 0.6 is 0 Å². The van der Waals surface area contributed by atoms with E-state index >= 15 is 0 Å². The van der Waals surface area contributed by atoms with Crippen molar-refractivity contribution in [2.24, 2.45) is 0 Å². The van der Waals surface area contributed by atoms with Crippen LogP contribution < -0.4 is 5.32 Å². The molecule has 0 aromatic carbocycles. The van der Waals surface area contributed by atoms with E-state index in [4.69, 9.17) is 4.74 Å². The Labute approximate surface area is 122 Å². The first-order chi connectivity index (χ1) is 9.48. The van der Waals surface area contributed by atoms with Gasteiger partial charge >= 0.3 is 0 Å². The number of hydrogen-bond donors (Lipinski definition) is 1. The monoisotopic (exact) mass is 277 g/mol. The number of ether oxygens (including phenoxy) is 1. The minimum Gasteiger partial charge on any atom is -0.370 e. The number of anilines is 1. The van der Waals surface area contributed by atoms with Gasteiger partial charge in [0.05, 0.1) is 11.7 Å². The quantitative estimate of drug-likeness (QED) is 0.898. The summed E-state index contributed by atoms with van der Waals surface area (Å²) in [6, 6.07) is 4.26. The molecule has 2 heterocycles. The van der Waals surface area contributed by atoms with E-state index in [1.54, 1.807) is 0 Å². The van der Waals surface area contributed by atoms with Crippen molar-refractivity contribution >= 4 is 5.82 Å². The van der Waals surface area contributed by atoms with Crippen LogP contribution in [0.5, 0.6) is 0 Å². The third kappa shape index (κ3) is 4.46. The first-order valence-electron chi connectivity index (χ1n) is 7.57. The zero-order valence-electron chi connectivity index (χ0n) is 13.1. The Bertz CT molecular complexity index is 433. The van der Waals surface area contributed by atoms with Crippen molar-refractivity contribution in [2.75, 3.05) is 25.0 Å². The van der Waals surface area contributed by atoms with E-state index in [0.717, 1.165) is 38.4 Å². The molecule has 0 amide bonds. The minimum atomic E-state index is -0.0615. The van der Waals surface area contributed by atoms with Gasteiger partial charge in [0.1, 0.15) is 5.82 Å². The fourth-order valence-electron chi connectivity index (χ4n) is 2.89. The maximum Gasteiger partial charge on any atom is 0.126 e. The predicted octanol–water partition coefficient (Wildman–Crippen LogP) is 2.90. The minimum absolute atomic E-state index is 0.0615. The Morgan fingerprint density at radius 1 is 1.50 bits per heavy atom. The van der Waals surface area contributed by atoms with Gasteiger partial charge in [0.2, 0.25) is 0 Å². The van der Waals surface area contributed by atoms with E-state index in [-0.39, 0.29) is 5.60 Å². The third-order valence-corrected chi connectivity index (χ3v) is 3.43. The highest BCUT2D eigenvalue weighted by molar-refractivity contribution is 5.37. The Morgan fingerprint density at radius 3 is 3.00 bits per heavy atom. The number of aromatic nitrogens is 1. The van der Waals surface area contributed by atoms with Gasteiger partial charge in [0.15, 0.2) is 0 Å². The van der Waals surface area contributed by atoms with Gasteiger partial charge in [0, 0.05) is 32.4 Å². The summed E-state index contributed by atoms with van der Waals surface area (Å²) < 4.78 is 5.95. The molecule has 1 atom stereocenters. The first kappa shape index (κ1) is 15.3. The van der Waals surface area contributed by atoms with Gasteiger partial charge in [-0.15, -0.1) is 0 Å². The van der Waals surface area contributed by atoms with Gasteiger partial charge in [-0.3, -0.25) is 4.90 Å². The fraction of sp³-hybridized carbons (Fsp3) is 0.688. The van der Waals surface area contributed by atoms with Crippen LogP contribution in [0.4, 0.5) is 5.82 Å². The lowest BCUT2D eigenvalue weighted by molar-refractivity contribution is -0.130. The van der Waals surface area contributed by atoms with Crippen molar-refractivity contribution in [3.05, 3.63) is 23.9 Å². The van der Waals surface area contributed by atoms with Gasteiger partial charge in [-0.1, -0.05) is 6.92 Å². The Morgan fingerprint density at radius 2 is 2.30 bits per heavy atom. The molecule has 1 aromatic rings. The standard InChI is InChI=1S/C16H27N3O/c1-5-7-17-15-9-14(6-8-18-15)11-19-10-13(2)20-16(3,4)12-19/h6,8-9,13H,5,7,10-12H2,1-4H3,(H,17,18). The molecule has 1 unspecified atom stereocenters. The molecule has 4 nitrogen and oxygen atoms in total. The van der Waals surface area contributed by atoms with Crippen LogP contribution in [-0.4, -0.2) is 41.2 Å². The zero-order chi connectivity index (χ0) is 14.6. The molecule has 1 saturated heterocycles. The Kier molecular flexibility index (Phi) is 5.00. The molecule has 0 aliphatic carbocycles. The van der Waals surface area contributed by atoms with Crippen LogP contribution in [0.2, 0.25) is 0 Å². The van der Waals surface area contributed by atoms with E-state index in [9.17, 15) is 0 Å². The summed E-state index contributed by atoms with van der Waals surface area (Å²) in [4.78, 5) is 6.82. The molecule has 0 radical (unpaired) electrons. The topological polar surface area (TPSA) is 37.4 Å². The van der Waals surface area contributed by atoms with Crippen LogP contribution in [0.15, 0.2) is 18.3 Å². The first-order valence-corrected chi connectivity index (χ1v) is 7.57. The lowest BCUT2D eigenvalue weighted by Gasteiger charge is -2.41. The number of nitrogens with zero attached hydrogens (tertiary/aromatic N) is 2. The average Bonchev–Trinajstić information content (AvgIpc) is 2.34. The second-order valence-electron chi connectivity index (χ2n) is 6.33. The van der Waals surface area contributed by atoms with E-state index in [1.165, 1.54) is 5.56 Å². The molecule has 1 aliphatic heterocycles. The number of nitrogens with one attached hydrogen (secondary N) is 1. The smallest absolute Gasteiger partial charge is 0.126 e. The van der Waals surface area contributed by atoms with Crippen molar-refractivity contribution in [1.29, 1.82) is 0 Å². The summed E-state index contributed by atoms with van der Waals surface area (Å²) in [5, 5.41) is 3.34. The highest BCUT2D eigenvalue weighted by atomic mass is 16.5. The molecular formula is C16H27N3O. The van der Waals surface area contributed by atoms with Crippen LogP contribution in [0.3, 0.4) is 0 Å². The maximum atomic E-state index is 5.95. The van der Waals surface area contributed by atoms with Crippen molar-refractivity contribution in [2.45, 2.75) is 52.4 Å². The second-order valence-corrected chi connectivity index (χ2v) is 6.33. The van der Waals surface area contributed by atoms with Gasteiger partial charge in [-0.05, 0) is 44.9 Å². The molecule has 4 heteroatoms. The molecule has 20 heavy (non-hydrogen) atoms. The van der Waals surface area contributed by atoms with Crippen LogP contribution in [-0.2, 0) is 11.3 Å². The van der Waals surface area contributed by atoms with Gasteiger partial charge in [-0.25, -0.2) is 4.98 Å². The summed E-state index contributed by atoms with van der Waals surface area (Å²) >= 11 is 0. The molecular weight excluding hydrogens is 250 g/mol. The molecule has 112 valence electrons. The summed E-state index contributed by atoms with van der Waals surface area (Å²) in [6.07, 6.45) is 3.29. The van der Waals surface area contributed by atoms with E-state index < -0.39 is 0 Å². The SMILES string of the molecule is CCCNc1cc(CN2CC(C)OC(C)(C)C2)ccn1. The van der Waals surface area contributed by atoms with Gasteiger partial charge in [-0.2, -0.15) is 0 Å². The summed E-state index contributed by atoms with van der Waals surface area (Å²) in [5.74, 6) is 0.977. The van der Waals surface area contributed by atoms with Crippen molar-refractivity contribution in [3.8, 4) is 0 Å². The van der Waals surface area contributed by atoms with Crippen molar-refractivity contribution in [3.63, 3.8) is 0 Å². The maximum absolute atomic E-state index is 5.95.